The van der Waals surface area contributed by atoms with E-state index in [1.165, 1.54) is 35.6 Å². The van der Waals surface area contributed by atoms with Gasteiger partial charge < -0.3 is 0 Å². The molecule has 1 amide bonds. The summed E-state index contributed by atoms with van der Waals surface area (Å²) in [4.78, 5) is 26.7. The van der Waals surface area contributed by atoms with Gasteiger partial charge in [0, 0.05) is 26.6 Å². The number of nitro groups is 1. The van der Waals surface area contributed by atoms with Gasteiger partial charge in [0.2, 0.25) is 0 Å². The Morgan fingerprint density at radius 3 is 2.57 bits per heavy atom. The monoisotopic (exact) mass is 455 g/mol. The third-order valence-electron chi connectivity index (χ3n) is 2.97. The largest absolute Gasteiger partial charge is 0.298 e. The van der Waals surface area contributed by atoms with Crippen LogP contribution in [0, 0.1) is 10.1 Å². The highest BCUT2D eigenvalue weighted by atomic mass is 79.9. The fourth-order valence-electron chi connectivity index (χ4n) is 1.91. The van der Waals surface area contributed by atoms with Crippen LogP contribution in [0.4, 0.5) is 10.8 Å². The molecule has 2 aromatic carbocycles. The van der Waals surface area contributed by atoms with E-state index in [1.54, 1.807) is 0 Å². The number of carbonyl (C=O) groups is 1. The van der Waals surface area contributed by atoms with Crippen LogP contribution in [0.5, 0.6) is 0 Å². The van der Waals surface area contributed by atoms with Crippen molar-refractivity contribution >= 4 is 70.1 Å². The molecule has 0 radical (unpaired) electrons. The Labute approximate surface area is 150 Å². The Morgan fingerprint density at radius 1 is 1.22 bits per heavy atom. The molecule has 0 unspecified atom stereocenters. The highest BCUT2D eigenvalue weighted by Gasteiger charge is 2.13. The Bertz CT molecular complexity index is 925. The lowest BCUT2D eigenvalue weighted by atomic mass is 10.2. The van der Waals surface area contributed by atoms with E-state index in [4.69, 9.17) is 0 Å². The molecule has 0 aliphatic heterocycles. The lowest BCUT2D eigenvalue weighted by Gasteiger charge is -2.00. The van der Waals surface area contributed by atoms with Gasteiger partial charge in [-0.2, -0.15) is 0 Å². The van der Waals surface area contributed by atoms with Crippen LogP contribution >= 0.6 is 43.2 Å². The third kappa shape index (κ3) is 3.41. The van der Waals surface area contributed by atoms with Gasteiger partial charge in [-0.15, -0.1) is 0 Å². The van der Waals surface area contributed by atoms with Crippen LogP contribution < -0.4 is 5.32 Å². The van der Waals surface area contributed by atoms with Crippen LogP contribution in [-0.4, -0.2) is 15.8 Å². The van der Waals surface area contributed by atoms with E-state index in [2.05, 4.69) is 42.2 Å². The Kier molecular flexibility index (Phi) is 4.42. The van der Waals surface area contributed by atoms with Crippen molar-refractivity contribution in [3.8, 4) is 0 Å². The van der Waals surface area contributed by atoms with Crippen LogP contribution in [0.25, 0.3) is 10.2 Å². The minimum Gasteiger partial charge on any atom is -0.298 e. The van der Waals surface area contributed by atoms with Gasteiger partial charge in [-0.25, -0.2) is 4.98 Å². The van der Waals surface area contributed by atoms with Crippen LogP contribution in [0.2, 0.25) is 0 Å². The van der Waals surface area contributed by atoms with Crippen molar-refractivity contribution in [2.45, 2.75) is 0 Å². The summed E-state index contributed by atoms with van der Waals surface area (Å²) in [5.41, 5.74) is 1.03. The molecule has 0 atom stereocenters. The molecule has 0 bridgehead atoms. The average Bonchev–Trinajstić information content (AvgIpc) is 2.90. The molecule has 3 rings (SSSR count). The fraction of sp³-hybridized carbons (Fsp3) is 0. The standard InChI is InChI=1S/C14H7Br2N3O3S/c15-8-5-10(16)12-11(6-8)23-14(17-12)18-13(20)7-1-3-9(4-2-7)19(21)22/h1-6H,(H,17,18,20). The predicted molar refractivity (Wildman–Crippen MR) is 96.1 cm³/mol. The first-order valence-corrected chi connectivity index (χ1v) is 8.65. The van der Waals surface area contributed by atoms with Crippen LogP contribution in [-0.2, 0) is 0 Å². The number of nitro benzene ring substituents is 1. The summed E-state index contributed by atoms with van der Waals surface area (Å²) < 4.78 is 2.66. The van der Waals surface area contributed by atoms with Gasteiger partial charge in [0.25, 0.3) is 11.6 Å². The summed E-state index contributed by atoms with van der Waals surface area (Å²) in [6.45, 7) is 0. The van der Waals surface area contributed by atoms with Crippen molar-refractivity contribution in [3.05, 3.63) is 61.0 Å². The van der Waals surface area contributed by atoms with Crippen molar-refractivity contribution in [1.82, 2.24) is 4.98 Å². The molecule has 6 nitrogen and oxygen atoms in total. The molecule has 0 spiro atoms. The second-order valence-corrected chi connectivity index (χ2v) is 7.31. The summed E-state index contributed by atoms with van der Waals surface area (Å²) >= 11 is 8.18. The van der Waals surface area contributed by atoms with Crippen LogP contribution in [0.3, 0.4) is 0 Å². The van der Waals surface area contributed by atoms with E-state index >= 15 is 0 Å². The molecular weight excluding hydrogens is 450 g/mol. The van der Waals surface area contributed by atoms with E-state index in [-0.39, 0.29) is 11.6 Å². The van der Waals surface area contributed by atoms with Gasteiger partial charge in [-0.3, -0.25) is 20.2 Å². The van der Waals surface area contributed by atoms with Crippen LogP contribution in [0.1, 0.15) is 10.4 Å². The second kappa shape index (κ2) is 6.34. The molecule has 1 heterocycles. The molecule has 0 fully saturated rings. The zero-order valence-electron chi connectivity index (χ0n) is 11.2. The number of nitrogens with zero attached hydrogens (tertiary/aromatic N) is 2. The van der Waals surface area contributed by atoms with Crippen molar-refractivity contribution in [2.24, 2.45) is 0 Å². The lowest BCUT2D eigenvalue weighted by molar-refractivity contribution is -0.384. The van der Waals surface area contributed by atoms with Gasteiger partial charge in [0.15, 0.2) is 5.13 Å². The average molecular weight is 457 g/mol. The van der Waals surface area contributed by atoms with E-state index in [1.807, 2.05) is 12.1 Å². The van der Waals surface area contributed by atoms with Crippen molar-refractivity contribution < 1.29 is 9.72 Å². The van der Waals surface area contributed by atoms with Gasteiger partial charge in [0.1, 0.15) is 0 Å². The molecule has 0 saturated carbocycles. The molecule has 0 aliphatic carbocycles. The van der Waals surface area contributed by atoms with E-state index in [0.29, 0.717) is 10.7 Å². The predicted octanol–water partition coefficient (Wildman–Crippen LogP) is 4.98. The lowest BCUT2D eigenvalue weighted by Crippen LogP contribution is -2.11. The number of fused-ring (bicyclic) bond motifs is 1. The first-order valence-electron chi connectivity index (χ1n) is 6.25. The molecule has 0 saturated heterocycles. The minimum atomic E-state index is -0.509. The summed E-state index contributed by atoms with van der Waals surface area (Å²) in [6, 6.07) is 9.20. The van der Waals surface area contributed by atoms with Gasteiger partial charge >= 0.3 is 0 Å². The number of benzene rings is 2. The molecule has 9 heteroatoms. The van der Waals surface area contributed by atoms with Crippen molar-refractivity contribution in [3.63, 3.8) is 0 Å². The number of thiazole rings is 1. The Morgan fingerprint density at radius 2 is 1.91 bits per heavy atom. The van der Waals surface area contributed by atoms with Gasteiger partial charge in [-0.1, -0.05) is 27.3 Å². The van der Waals surface area contributed by atoms with Crippen molar-refractivity contribution in [2.75, 3.05) is 5.32 Å². The number of anilines is 1. The Hall–Kier alpha value is -1.84. The van der Waals surface area contributed by atoms with E-state index < -0.39 is 4.92 Å². The molecule has 0 aliphatic rings. The summed E-state index contributed by atoms with van der Waals surface area (Å²) in [5, 5.41) is 13.8. The summed E-state index contributed by atoms with van der Waals surface area (Å²) in [6.07, 6.45) is 0. The smallest absolute Gasteiger partial charge is 0.269 e. The van der Waals surface area contributed by atoms with E-state index in [9.17, 15) is 14.9 Å². The molecule has 3 aromatic rings. The van der Waals surface area contributed by atoms with Crippen molar-refractivity contribution in [1.29, 1.82) is 0 Å². The zero-order valence-corrected chi connectivity index (χ0v) is 15.2. The highest BCUT2D eigenvalue weighted by molar-refractivity contribution is 9.11. The summed E-state index contributed by atoms with van der Waals surface area (Å²) in [5.74, 6) is -0.367. The van der Waals surface area contributed by atoms with Crippen LogP contribution in [0.15, 0.2) is 45.3 Å². The maximum absolute atomic E-state index is 12.2. The number of halogens is 2. The number of aromatic nitrogens is 1. The number of carbonyl (C=O) groups excluding carboxylic acids is 1. The normalized spacial score (nSPS) is 10.7. The minimum absolute atomic E-state index is 0.0599. The first kappa shape index (κ1) is 16.0. The molecule has 116 valence electrons. The fourth-order valence-corrected chi connectivity index (χ4v) is 4.44. The number of nitrogens with one attached hydrogen (secondary N) is 1. The van der Waals surface area contributed by atoms with Gasteiger partial charge in [-0.05, 0) is 40.2 Å². The van der Waals surface area contributed by atoms with Gasteiger partial charge in [0.05, 0.1) is 15.1 Å². The molecule has 23 heavy (non-hydrogen) atoms. The summed E-state index contributed by atoms with van der Waals surface area (Å²) in [7, 11) is 0. The second-order valence-electron chi connectivity index (χ2n) is 4.51. The number of non-ortho nitro benzene ring substituents is 1. The number of hydrogen-bond acceptors (Lipinski definition) is 5. The number of hydrogen-bond donors (Lipinski definition) is 1. The quantitative estimate of drug-likeness (QED) is 0.444. The molecular formula is C14H7Br2N3O3S. The SMILES string of the molecule is O=C(Nc1nc2c(Br)cc(Br)cc2s1)c1ccc([N+](=O)[O-])cc1. The topological polar surface area (TPSA) is 85.1 Å². The number of amides is 1. The highest BCUT2D eigenvalue weighted by Crippen LogP contribution is 2.34. The Balaban J connectivity index is 1.85. The maximum atomic E-state index is 12.2. The maximum Gasteiger partial charge on any atom is 0.269 e. The zero-order chi connectivity index (χ0) is 16.6. The molecule has 1 N–H and O–H groups in total. The molecule has 1 aromatic heterocycles. The first-order chi connectivity index (χ1) is 10.9. The van der Waals surface area contributed by atoms with E-state index in [0.717, 1.165) is 19.2 Å². The number of rotatable bonds is 3. The third-order valence-corrected chi connectivity index (χ3v) is 4.95.